The van der Waals surface area contributed by atoms with Crippen molar-refractivity contribution in [2.75, 3.05) is 5.32 Å². The smallest absolute Gasteiger partial charge is 0.125 e. The van der Waals surface area contributed by atoms with E-state index in [2.05, 4.69) is 60.8 Å². The molecule has 1 N–H and O–H groups in total. The average Bonchev–Trinajstić information content (AvgIpc) is 2.95. The van der Waals surface area contributed by atoms with Crippen molar-refractivity contribution in [2.45, 2.75) is 50.7 Å². The molecule has 0 bridgehead atoms. The van der Waals surface area contributed by atoms with Crippen LogP contribution in [-0.2, 0) is 0 Å². The Morgan fingerprint density at radius 1 is 1.05 bits per heavy atom. The maximum atomic E-state index is 6.43. The highest BCUT2D eigenvalue weighted by molar-refractivity contribution is 5.50. The van der Waals surface area contributed by atoms with Crippen LogP contribution in [0.5, 0.6) is 5.75 Å². The molecule has 1 fully saturated rings. The van der Waals surface area contributed by atoms with Crippen LogP contribution in [0.4, 0.5) is 5.69 Å². The van der Waals surface area contributed by atoms with Gasteiger partial charge < -0.3 is 10.1 Å². The molecule has 2 aromatic carbocycles. The summed E-state index contributed by atoms with van der Waals surface area (Å²) in [6.07, 6.45) is 6.03. The minimum absolute atomic E-state index is 0.0514. The highest BCUT2D eigenvalue weighted by Gasteiger charge is 2.42. The van der Waals surface area contributed by atoms with Gasteiger partial charge in [-0.15, -0.1) is 0 Å². The van der Waals surface area contributed by atoms with E-state index >= 15 is 0 Å². The van der Waals surface area contributed by atoms with Gasteiger partial charge in [-0.25, -0.2) is 0 Å². The number of para-hydroxylation sites is 1. The molecular weight excluding hydrogens is 270 g/mol. The Bertz CT molecular complexity index is 673. The predicted molar refractivity (Wildman–Crippen MR) is 90.4 cm³/mol. The summed E-state index contributed by atoms with van der Waals surface area (Å²) in [6, 6.07) is 17.5. The highest BCUT2D eigenvalue weighted by Crippen LogP contribution is 2.47. The maximum Gasteiger partial charge on any atom is 0.125 e. The molecule has 0 radical (unpaired) electrons. The second-order valence-electron chi connectivity index (χ2n) is 6.80. The molecule has 0 amide bonds. The van der Waals surface area contributed by atoms with E-state index in [9.17, 15) is 0 Å². The van der Waals surface area contributed by atoms with E-state index in [-0.39, 0.29) is 5.60 Å². The molecule has 22 heavy (non-hydrogen) atoms. The second-order valence-corrected chi connectivity index (χ2v) is 6.80. The van der Waals surface area contributed by atoms with Crippen LogP contribution < -0.4 is 10.1 Å². The number of ether oxygens (including phenoxy) is 1. The summed E-state index contributed by atoms with van der Waals surface area (Å²) in [5.74, 6) is 1.07. The number of benzene rings is 2. The fourth-order valence-corrected chi connectivity index (χ4v) is 4.01. The average molecular weight is 293 g/mol. The van der Waals surface area contributed by atoms with E-state index in [1.807, 2.05) is 0 Å². The van der Waals surface area contributed by atoms with Crippen molar-refractivity contribution >= 4 is 5.69 Å². The molecule has 2 heteroatoms. The molecule has 2 nitrogen and oxygen atoms in total. The van der Waals surface area contributed by atoms with Gasteiger partial charge in [0.1, 0.15) is 11.4 Å². The van der Waals surface area contributed by atoms with E-state index in [1.54, 1.807) is 0 Å². The molecule has 114 valence electrons. The Kier molecular flexibility index (Phi) is 3.33. The van der Waals surface area contributed by atoms with Gasteiger partial charge in [-0.1, -0.05) is 30.3 Å². The molecule has 0 saturated heterocycles. The largest absolute Gasteiger partial charge is 0.487 e. The number of rotatable bonds is 2. The van der Waals surface area contributed by atoms with Gasteiger partial charge in [-0.3, -0.25) is 0 Å². The van der Waals surface area contributed by atoms with Crippen LogP contribution >= 0.6 is 0 Å². The van der Waals surface area contributed by atoms with Crippen molar-refractivity contribution in [1.29, 1.82) is 0 Å². The molecule has 2 aromatic rings. The van der Waals surface area contributed by atoms with Crippen molar-refractivity contribution in [3.8, 4) is 5.75 Å². The van der Waals surface area contributed by atoms with Crippen molar-refractivity contribution in [3.05, 3.63) is 59.7 Å². The standard InChI is InChI=1S/C20H23NO/c1-15-7-6-8-16(13-15)21-18-14-20(11-4-5-12-20)22-19-10-3-2-9-17(18)19/h2-3,6-10,13,18,21H,4-5,11-12,14H2,1H3. The highest BCUT2D eigenvalue weighted by atomic mass is 16.5. The monoisotopic (exact) mass is 293 g/mol. The van der Waals surface area contributed by atoms with Crippen LogP contribution in [0.1, 0.15) is 49.3 Å². The summed E-state index contributed by atoms with van der Waals surface area (Å²) < 4.78 is 6.43. The van der Waals surface area contributed by atoms with Gasteiger partial charge in [0.25, 0.3) is 0 Å². The Morgan fingerprint density at radius 3 is 2.68 bits per heavy atom. The number of fused-ring (bicyclic) bond motifs is 1. The molecule has 0 aromatic heterocycles. The molecule has 1 spiro atoms. The van der Waals surface area contributed by atoms with Gasteiger partial charge in [-0.05, 0) is 56.4 Å². The number of aryl methyl sites for hydroxylation is 1. The van der Waals surface area contributed by atoms with Crippen LogP contribution in [0, 0.1) is 6.92 Å². The van der Waals surface area contributed by atoms with Crippen LogP contribution in [0.15, 0.2) is 48.5 Å². The first-order chi connectivity index (χ1) is 10.7. The first-order valence-electron chi connectivity index (χ1n) is 8.35. The van der Waals surface area contributed by atoms with Crippen LogP contribution in [0.25, 0.3) is 0 Å². The van der Waals surface area contributed by atoms with Crippen molar-refractivity contribution in [3.63, 3.8) is 0 Å². The third kappa shape index (κ3) is 2.47. The van der Waals surface area contributed by atoms with Gasteiger partial charge in [0.15, 0.2) is 0 Å². The summed E-state index contributed by atoms with van der Waals surface area (Å²) >= 11 is 0. The SMILES string of the molecule is Cc1cccc(NC2CC3(CCCC3)Oc3ccccc32)c1. The molecule has 2 aliphatic rings. The summed E-state index contributed by atoms with van der Waals surface area (Å²) in [6.45, 7) is 2.14. The van der Waals surface area contributed by atoms with Crippen LogP contribution in [-0.4, -0.2) is 5.60 Å². The van der Waals surface area contributed by atoms with E-state index in [1.165, 1.54) is 42.5 Å². The molecule has 4 rings (SSSR count). The molecular formula is C20H23NO. The van der Waals surface area contributed by atoms with Gasteiger partial charge >= 0.3 is 0 Å². The molecule has 1 saturated carbocycles. The fourth-order valence-electron chi connectivity index (χ4n) is 4.01. The molecule has 1 aliphatic heterocycles. The van der Waals surface area contributed by atoms with Crippen molar-refractivity contribution in [2.24, 2.45) is 0 Å². The Morgan fingerprint density at radius 2 is 1.86 bits per heavy atom. The zero-order chi connectivity index (χ0) is 15.0. The quantitative estimate of drug-likeness (QED) is 0.817. The molecule has 1 unspecified atom stereocenters. The van der Waals surface area contributed by atoms with Gasteiger partial charge in [0.05, 0.1) is 6.04 Å². The zero-order valence-electron chi connectivity index (χ0n) is 13.1. The zero-order valence-corrected chi connectivity index (χ0v) is 13.1. The topological polar surface area (TPSA) is 21.3 Å². The number of anilines is 1. The lowest BCUT2D eigenvalue weighted by Crippen LogP contribution is -2.40. The first-order valence-corrected chi connectivity index (χ1v) is 8.35. The first kappa shape index (κ1) is 13.7. The third-order valence-corrected chi connectivity index (χ3v) is 5.07. The second kappa shape index (κ2) is 5.35. The molecule has 1 atom stereocenters. The van der Waals surface area contributed by atoms with Crippen LogP contribution in [0.3, 0.4) is 0 Å². The fraction of sp³-hybridized carbons (Fsp3) is 0.400. The lowest BCUT2D eigenvalue weighted by molar-refractivity contribution is 0.0453. The van der Waals surface area contributed by atoms with Crippen molar-refractivity contribution < 1.29 is 4.74 Å². The van der Waals surface area contributed by atoms with Gasteiger partial charge in [-0.2, -0.15) is 0 Å². The van der Waals surface area contributed by atoms with E-state index in [0.29, 0.717) is 6.04 Å². The molecule has 1 aliphatic carbocycles. The molecule has 1 heterocycles. The van der Waals surface area contributed by atoms with Gasteiger partial charge in [0.2, 0.25) is 0 Å². The summed E-state index contributed by atoms with van der Waals surface area (Å²) in [5.41, 5.74) is 3.84. The third-order valence-electron chi connectivity index (χ3n) is 5.07. The lowest BCUT2D eigenvalue weighted by atomic mass is 9.86. The Labute approximate surface area is 132 Å². The van der Waals surface area contributed by atoms with Gasteiger partial charge in [0, 0.05) is 17.7 Å². The number of hydrogen-bond acceptors (Lipinski definition) is 2. The van der Waals surface area contributed by atoms with E-state index in [4.69, 9.17) is 4.74 Å². The summed E-state index contributed by atoms with van der Waals surface area (Å²) in [4.78, 5) is 0. The Balaban J connectivity index is 1.67. The van der Waals surface area contributed by atoms with E-state index in [0.717, 1.165) is 12.2 Å². The van der Waals surface area contributed by atoms with Crippen LogP contribution in [0.2, 0.25) is 0 Å². The predicted octanol–water partition coefficient (Wildman–Crippen LogP) is 5.24. The normalized spacial score (nSPS) is 22.1. The summed E-state index contributed by atoms with van der Waals surface area (Å²) in [7, 11) is 0. The lowest BCUT2D eigenvalue weighted by Gasteiger charge is -2.40. The minimum Gasteiger partial charge on any atom is -0.487 e. The Hall–Kier alpha value is -1.96. The van der Waals surface area contributed by atoms with E-state index < -0.39 is 0 Å². The number of nitrogens with one attached hydrogen (secondary N) is 1. The summed E-state index contributed by atoms with van der Waals surface area (Å²) in [5, 5.41) is 3.75. The minimum atomic E-state index is 0.0514. The maximum absolute atomic E-state index is 6.43. The van der Waals surface area contributed by atoms with Crippen molar-refractivity contribution in [1.82, 2.24) is 0 Å². The number of hydrogen-bond donors (Lipinski definition) is 1.